The first-order chi connectivity index (χ1) is 10.6. The van der Waals surface area contributed by atoms with Gasteiger partial charge in [0, 0.05) is 0 Å². The van der Waals surface area contributed by atoms with E-state index in [-0.39, 0.29) is 0 Å². The van der Waals surface area contributed by atoms with Gasteiger partial charge in [0.1, 0.15) is 36.6 Å². The van der Waals surface area contributed by atoms with Gasteiger partial charge in [-0.2, -0.15) is 0 Å². The molecule has 2 heterocycles. The minimum Gasteiger partial charge on any atom is -0.479 e. The molecule has 0 aliphatic carbocycles. The van der Waals surface area contributed by atoms with Crippen LogP contribution >= 0.6 is 0 Å². The van der Waals surface area contributed by atoms with E-state index in [0.29, 0.717) is 0 Å². The van der Waals surface area contributed by atoms with Crippen molar-refractivity contribution >= 4 is 5.97 Å². The van der Waals surface area contributed by atoms with Crippen LogP contribution in [0.2, 0.25) is 0 Å². The second-order valence-electron chi connectivity index (χ2n) is 5.55. The number of aliphatic hydroxyl groups excluding tert-OH is 6. The lowest BCUT2D eigenvalue weighted by Gasteiger charge is -2.44. The Morgan fingerprint density at radius 3 is 2.04 bits per heavy atom. The van der Waals surface area contributed by atoms with Gasteiger partial charge in [0.25, 0.3) is 0 Å². The molecule has 2 rings (SSSR count). The van der Waals surface area contributed by atoms with E-state index < -0.39 is 67.4 Å². The van der Waals surface area contributed by atoms with Gasteiger partial charge in [-0.05, 0) is 6.92 Å². The van der Waals surface area contributed by atoms with Crippen molar-refractivity contribution in [1.82, 2.24) is 0 Å². The molecular weight excluding hydrogens is 320 g/mol. The lowest BCUT2D eigenvalue weighted by molar-refractivity contribution is -0.348. The second-order valence-corrected chi connectivity index (χ2v) is 5.55. The highest BCUT2D eigenvalue weighted by molar-refractivity contribution is 5.73. The van der Waals surface area contributed by atoms with Crippen molar-refractivity contribution in [3.63, 3.8) is 0 Å². The van der Waals surface area contributed by atoms with Crippen molar-refractivity contribution in [2.45, 2.75) is 68.3 Å². The second kappa shape index (κ2) is 6.93. The van der Waals surface area contributed by atoms with E-state index in [4.69, 9.17) is 19.3 Å². The average molecular weight is 340 g/mol. The summed E-state index contributed by atoms with van der Waals surface area (Å²) >= 11 is 0. The van der Waals surface area contributed by atoms with Crippen LogP contribution in [0.15, 0.2) is 0 Å². The Balaban J connectivity index is 2.15. The highest BCUT2D eigenvalue weighted by Gasteiger charge is 2.51. The van der Waals surface area contributed by atoms with Crippen molar-refractivity contribution < 1.29 is 54.8 Å². The summed E-state index contributed by atoms with van der Waals surface area (Å²) in [4.78, 5) is 11.0. The molecule has 23 heavy (non-hydrogen) atoms. The fourth-order valence-electron chi connectivity index (χ4n) is 2.49. The molecule has 0 radical (unpaired) electrons. The number of aliphatic hydroxyl groups is 6. The van der Waals surface area contributed by atoms with E-state index in [2.05, 4.69) is 0 Å². The van der Waals surface area contributed by atoms with Crippen LogP contribution in [0, 0.1) is 0 Å². The van der Waals surface area contributed by atoms with Crippen molar-refractivity contribution in [3.8, 4) is 0 Å². The van der Waals surface area contributed by atoms with Crippen molar-refractivity contribution in [2.24, 2.45) is 0 Å². The third-order valence-electron chi connectivity index (χ3n) is 3.90. The first-order valence-corrected chi connectivity index (χ1v) is 6.92. The van der Waals surface area contributed by atoms with Gasteiger partial charge in [0.05, 0.1) is 6.10 Å². The number of aliphatic carboxylic acids is 1. The number of rotatable bonds is 3. The van der Waals surface area contributed by atoms with E-state index in [9.17, 15) is 35.4 Å². The van der Waals surface area contributed by atoms with Crippen LogP contribution in [0.1, 0.15) is 6.92 Å². The van der Waals surface area contributed by atoms with Crippen LogP contribution in [0.4, 0.5) is 0 Å². The molecule has 0 aromatic rings. The molecule has 0 bridgehead atoms. The maximum Gasteiger partial charge on any atom is 0.335 e. The van der Waals surface area contributed by atoms with Crippen LogP contribution in [-0.4, -0.2) is 103 Å². The smallest absolute Gasteiger partial charge is 0.335 e. The van der Waals surface area contributed by atoms with Crippen LogP contribution in [0.5, 0.6) is 0 Å². The maximum absolute atomic E-state index is 11.0. The Bertz CT molecular complexity index is 417. The molecule has 0 aromatic heterocycles. The predicted molar refractivity (Wildman–Crippen MR) is 67.8 cm³/mol. The van der Waals surface area contributed by atoms with Crippen LogP contribution < -0.4 is 0 Å². The molecule has 11 heteroatoms. The number of ether oxygens (including phenoxy) is 3. The van der Waals surface area contributed by atoms with Crippen molar-refractivity contribution in [3.05, 3.63) is 0 Å². The number of carboxylic acids is 1. The third-order valence-corrected chi connectivity index (χ3v) is 3.90. The number of hydrogen-bond donors (Lipinski definition) is 7. The minimum absolute atomic E-state index is 0.926. The zero-order chi connectivity index (χ0) is 17.5. The molecule has 2 aliphatic rings. The molecule has 0 aromatic carbocycles. The quantitative estimate of drug-likeness (QED) is 0.263. The molecule has 10 atom stereocenters. The lowest BCUT2D eigenvalue weighted by atomic mass is 9.97. The summed E-state index contributed by atoms with van der Waals surface area (Å²) in [5.41, 5.74) is 0. The Morgan fingerprint density at radius 2 is 1.48 bits per heavy atom. The Labute approximate surface area is 130 Å². The predicted octanol–water partition coefficient (Wildman–Crippen LogP) is -4.28. The standard InChI is InChI=1S/C12H20O11/c1-2-3(13)8(7(17)11(20)21-2)22-12-6(16)4(14)5(15)9(23-12)10(18)19/h2-9,11-17,20H,1H3,(H,18,19)/t2-,3-,4-,5-,6+,7+,8+,9-,11?,12-/m0/s1. The zero-order valence-electron chi connectivity index (χ0n) is 12.0. The number of carboxylic acid groups (broad SMARTS) is 1. The van der Waals surface area contributed by atoms with E-state index in [0.717, 1.165) is 0 Å². The topological polar surface area (TPSA) is 186 Å². The van der Waals surface area contributed by atoms with Crippen LogP contribution in [0.25, 0.3) is 0 Å². The largest absolute Gasteiger partial charge is 0.479 e. The van der Waals surface area contributed by atoms with Crippen LogP contribution in [0.3, 0.4) is 0 Å². The Morgan fingerprint density at radius 1 is 0.870 bits per heavy atom. The van der Waals surface area contributed by atoms with Gasteiger partial charge in [-0.25, -0.2) is 4.79 Å². The fraction of sp³-hybridized carbons (Fsp3) is 0.917. The van der Waals surface area contributed by atoms with Crippen LogP contribution in [-0.2, 0) is 19.0 Å². The minimum atomic E-state index is -1.89. The maximum atomic E-state index is 11.0. The normalized spacial score (nSPS) is 51.4. The first-order valence-electron chi connectivity index (χ1n) is 6.92. The molecule has 0 spiro atoms. The van der Waals surface area contributed by atoms with Gasteiger partial charge < -0.3 is 50.0 Å². The summed E-state index contributed by atoms with van der Waals surface area (Å²) < 4.78 is 14.9. The molecular formula is C12H20O11. The molecule has 134 valence electrons. The van der Waals surface area contributed by atoms with Gasteiger partial charge >= 0.3 is 5.97 Å². The van der Waals surface area contributed by atoms with Gasteiger partial charge in [0.15, 0.2) is 18.7 Å². The average Bonchev–Trinajstić information content (AvgIpc) is 2.49. The molecule has 1 unspecified atom stereocenters. The Hall–Kier alpha value is -0.890. The van der Waals surface area contributed by atoms with Gasteiger partial charge in [-0.1, -0.05) is 0 Å². The van der Waals surface area contributed by atoms with Crippen molar-refractivity contribution in [1.29, 1.82) is 0 Å². The molecule has 2 aliphatic heterocycles. The van der Waals surface area contributed by atoms with Gasteiger partial charge in [-0.15, -0.1) is 0 Å². The summed E-state index contributed by atoms with van der Waals surface area (Å²) in [6.45, 7) is 1.40. The summed E-state index contributed by atoms with van der Waals surface area (Å²) in [6.07, 6.45) is -16.5. The van der Waals surface area contributed by atoms with E-state index >= 15 is 0 Å². The summed E-state index contributed by atoms with van der Waals surface area (Å²) in [6, 6.07) is 0. The molecule has 11 nitrogen and oxygen atoms in total. The van der Waals surface area contributed by atoms with Gasteiger partial charge in [-0.3, -0.25) is 0 Å². The summed E-state index contributed by atoms with van der Waals surface area (Å²) in [5, 5.41) is 67.3. The monoisotopic (exact) mass is 340 g/mol. The van der Waals surface area contributed by atoms with Crippen molar-refractivity contribution in [2.75, 3.05) is 0 Å². The van der Waals surface area contributed by atoms with E-state index in [1.54, 1.807) is 0 Å². The summed E-state index contributed by atoms with van der Waals surface area (Å²) in [5.74, 6) is -1.60. The van der Waals surface area contributed by atoms with Gasteiger partial charge in [0.2, 0.25) is 0 Å². The molecule has 7 N–H and O–H groups in total. The SMILES string of the molecule is C[C@@H]1OC(O)[C@H](O)[C@H](O[C@H]2O[C@H](C(=O)O)[C@@H](O)[C@H](O)[C@H]2O)[C@H]1O. The van der Waals surface area contributed by atoms with E-state index in [1.165, 1.54) is 6.92 Å². The molecule has 2 fully saturated rings. The third kappa shape index (κ3) is 3.47. The lowest BCUT2D eigenvalue weighted by Crippen LogP contribution is -2.64. The number of hydrogen-bond acceptors (Lipinski definition) is 10. The molecule has 0 saturated carbocycles. The highest BCUT2D eigenvalue weighted by atomic mass is 16.7. The number of carbonyl (C=O) groups is 1. The zero-order valence-corrected chi connectivity index (χ0v) is 12.0. The van der Waals surface area contributed by atoms with E-state index in [1.807, 2.05) is 0 Å². The Kier molecular flexibility index (Phi) is 5.56. The molecule has 2 saturated heterocycles. The highest BCUT2D eigenvalue weighted by Crippen LogP contribution is 2.28. The first kappa shape index (κ1) is 18.4. The fourth-order valence-corrected chi connectivity index (χ4v) is 2.49. The molecule has 0 amide bonds. The summed E-state index contributed by atoms with van der Waals surface area (Å²) in [7, 11) is 0.